The number of methoxy groups -OCH3 is 1. The fourth-order valence-electron chi connectivity index (χ4n) is 5.94. The SMILES string of the molecule is COC(=O)[C@]1(O)C[C@@H]2O[C@@]1(C)n1c3ccccc3c3ccc4c5ccccc5n2c4c31. The maximum absolute atomic E-state index is 13.0. The molecule has 6 nitrogen and oxygen atoms in total. The summed E-state index contributed by atoms with van der Waals surface area (Å²) in [6.07, 6.45) is -0.410. The lowest BCUT2D eigenvalue weighted by Crippen LogP contribution is -2.56. The van der Waals surface area contributed by atoms with Gasteiger partial charge in [-0.15, -0.1) is 0 Å². The van der Waals surface area contributed by atoms with Gasteiger partial charge in [0, 0.05) is 28.0 Å². The van der Waals surface area contributed by atoms with E-state index in [0.717, 1.165) is 43.6 Å². The van der Waals surface area contributed by atoms with Crippen molar-refractivity contribution in [3.63, 3.8) is 0 Å². The predicted molar refractivity (Wildman–Crippen MR) is 118 cm³/mol. The summed E-state index contributed by atoms with van der Waals surface area (Å²) in [6.45, 7) is 1.79. The van der Waals surface area contributed by atoms with Gasteiger partial charge >= 0.3 is 5.97 Å². The fraction of sp³-hybridized carbons (Fsp3) is 0.240. The Bertz CT molecular complexity index is 1600. The van der Waals surface area contributed by atoms with E-state index in [4.69, 9.17) is 9.47 Å². The minimum Gasteiger partial charge on any atom is -0.467 e. The third-order valence-corrected chi connectivity index (χ3v) is 7.35. The van der Waals surface area contributed by atoms with E-state index in [2.05, 4.69) is 34.9 Å². The second-order valence-corrected chi connectivity index (χ2v) is 8.71. The molecule has 0 amide bonds. The van der Waals surface area contributed by atoms with Gasteiger partial charge in [0.05, 0.1) is 29.2 Å². The lowest BCUT2D eigenvalue weighted by molar-refractivity contribution is -0.202. The van der Waals surface area contributed by atoms with Crippen LogP contribution in [-0.2, 0) is 20.0 Å². The van der Waals surface area contributed by atoms with E-state index in [0.29, 0.717) is 0 Å². The summed E-state index contributed by atoms with van der Waals surface area (Å²) in [5.74, 6) is -0.685. The second kappa shape index (κ2) is 5.28. The molecule has 31 heavy (non-hydrogen) atoms. The Morgan fingerprint density at radius 2 is 1.58 bits per heavy atom. The minimum atomic E-state index is -1.84. The van der Waals surface area contributed by atoms with Crippen molar-refractivity contribution in [1.82, 2.24) is 9.13 Å². The zero-order chi connectivity index (χ0) is 21.1. The molecule has 0 aliphatic carbocycles. The quantitative estimate of drug-likeness (QED) is 0.414. The molecule has 0 radical (unpaired) electrons. The van der Waals surface area contributed by atoms with Crippen molar-refractivity contribution in [3.8, 4) is 0 Å². The molecular formula is C25H20N2O4. The molecule has 7 rings (SSSR count). The Labute approximate surface area is 177 Å². The number of aromatic nitrogens is 2. The molecule has 0 spiro atoms. The first-order valence-electron chi connectivity index (χ1n) is 10.4. The number of aliphatic hydroxyl groups is 1. The van der Waals surface area contributed by atoms with Gasteiger partial charge in [-0.05, 0) is 19.1 Å². The summed E-state index contributed by atoms with van der Waals surface area (Å²) in [6, 6.07) is 20.6. The van der Waals surface area contributed by atoms with E-state index < -0.39 is 23.5 Å². The van der Waals surface area contributed by atoms with Crippen LogP contribution in [0.25, 0.3) is 43.6 Å². The molecule has 0 saturated carbocycles. The zero-order valence-electron chi connectivity index (χ0n) is 17.1. The van der Waals surface area contributed by atoms with Gasteiger partial charge in [0.1, 0.15) is 6.23 Å². The highest BCUT2D eigenvalue weighted by Crippen LogP contribution is 2.56. The van der Waals surface area contributed by atoms with Crippen molar-refractivity contribution in [1.29, 1.82) is 0 Å². The van der Waals surface area contributed by atoms with E-state index in [1.165, 1.54) is 7.11 Å². The van der Waals surface area contributed by atoms with E-state index in [1.807, 2.05) is 34.9 Å². The first-order chi connectivity index (χ1) is 15.0. The van der Waals surface area contributed by atoms with Crippen molar-refractivity contribution >= 4 is 49.6 Å². The van der Waals surface area contributed by atoms with Crippen molar-refractivity contribution in [2.24, 2.45) is 0 Å². The normalized spacial score (nSPS) is 27.0. The molecule has 1 fully saturated rings. The first kappa shape index (κ1) is 17.3. The van der Waals surface area contributed by atoms with Gasteiger partial charge in [0.2, 0.25) is 5.60 Å². The monoisotopic (exact) mass is 412 g/mol. The summed E-state index contributed by atoms with van der Waals surface area (Å²) in [5.41, 5.74) is 0.782. The maximum atomic E-state index is 13.0. The maximum Gasteiger partial charge on any atom is 0.343 e. The van der Waals surface area contributed by atoms with Crippen LogP contribution >= 0.6 is 0 Å². The van der Waals surface area contributed by atoms with Crippen LogP contribution in [0.1, 0.15) is 19.6 Å². The third kappa shape index (κ3) is 1.73. The molecule has 2 aromatic heterocycles. The average molecular weight is 412 g/mol. The number of benzene rings is 3. The van der Waals surface area contributed by atoms with Crippen molar-refractivity contribution in [2.45, 2.75) is 30.9 Å². The van der Waals surface area contributed by atoms with Crippen molar-refractivity contribution < 1.29 is 19.4 Å². The standard InChI is InChI=1S/C25H20N2O4/c1-24-25(29,23(28)30-2)13-20(31-24)26-18-9-5-3-7-14(18)16-11-12-17-15-8-4-6-10-19(15)27(24)22(17)21(16)26/h3-12,20,29H,13H2,1-2H3/t20-,24+,25+/m0/s1. The Morgan fingerprint density at radius 1 is 0.968 bits per heavy atom. The fourth-order valence-corrected chi connectivity index (χ4v) is 5.94. The number of para-hydroxylation sites is 2. The van der Waals surface area contributed by atoms with Gasteiger partial charge in [-0.25, -0.2) is 4.79 Å². The van der Waals surface area contributed by atoms with Gasteiger partial charge < -0.3 is 23.7 Å². The molecular weight excluding hydrogens is 392 g/mol. The number of hydrogen-bond acceptors (Lipinski definition) is 4. The van der Waals surface area contributed by atoms with E-state index in [1.54, 1.807) is 6.92 Å². The predicted octanol–water partition coefficient (Wildman–Crippen LogP) is 4.41. The minimum absolute atomic E-state index is 0.103. The van der Waals surface area contributed by atoms with Crippen LogP contribution < -0.4 is 0 Å². The van der Waals surface area contributed by atoms with Crippen LogP contribution in [-0.4, -0.2) is 32.9 Å². The van der Waals surface area contributed by atoms with E-state index >= 15 is 0 Å². The van der Waals surface area contributed by atoms with Crippen LogP contribution in [0, 0.1) is 0 Å². The van der Waals surface area contributed by atoms with Crippen molar-refractivity contribution in [2.75, 3.05) is 7.11 Å². The van der Waals surface area contributed by atoms with Crippen molar-refractivity contribution in [3.05, 3.63) is 60.7 Å². The highest BCUT2D eigenvalue weighted by Gasteiger charge is 2.65. The smallest absolute Gasteiger partial charge is 0.343 e. The molecule has 2 aliphatic rings. The summed E-state index contributed by atoms with van der Waals surface area (Å²) in [4.78, 5) is 13.0. The van der Waals surface area contributed by atoms with Gasteiger partial charge in [0.25, 0.3) is 0 Å². The molecule has 2 aliphatic heterocycles. The summed E-state index contributed by atoms with van der Waals surface area (Å²) >= 11 is 0. The molecule has 0 unspecified atom stereocenters. The molecule has 5 aromatic rings. The largest absolute Gasteiger partial charge is 0.467 e. The third-order valence-electron chi connectivity index (χ3n) is 7.35. The van der Waals surface area contributed by atoms with Gasteiger partial charge in [-0.2, -0.15) is 0 Å². The molecule has 3 atom stereocenters. The number of nitrogens with zero attached hydrogens (tertiary/aromatic N) is 2. The topological polar surface area (TPSA) is 65.6 Å². The molecule has 3 aromatic carbocycles. The molecule has 2 bridgehead atoms. The van der Waals surface area contributed by atoms with Gasteiger partial charge in [0.15, 0.2) is 5.72 Å². The second-order valence-electron chi connectivity index (χ2n) is 8.71. The summed E-state index contributed by atoms with van der Waals surface area (Å²) < 4.78 is 15.9. The average Bonchev–Trinajstić information content (AvgIpc) is 3.36. The van der Waals surface area contributed by atoms with Crippen LogP contribution in [0.5, 0.6) is 0 Å². The van der Waals surface area contributed by atoms with Crippen LogP contribution in [0.3, 0.4) is 0 Å². The van der Waals surface area contributed by atoms with E-state index in [-0.39, 0.29) is 6.42 Å². The lowest BCUT2D eigenvalue weighted by Gasteiger charge is -2.37. The highest BCUT2D eigenvalue weighted by atomic mass is 16.6. The van der Waals surface area contributed by atoms with Gasteiger partial charge in [-0.1, -0.05) is 48.5 Å². The molecule has 1 saturated heterocycles. The summed E-state index contributed by atoms with van der Waals surface area (Å²) in [7, 11) is 1.31. The van der Waals surface area contributed by atoms with Crippen LogP contribution in [0.15, 0.2) is 60.7 Å². The zero-order valence-corrected chi connectivity index (χ0v) is 17.1. The Kier molecular flexibility index (Phi) is 2.95. The number of esters is 1. The molecule has 6 heteroatoms. The molecule has 4 heterocycles. The number of carbonyl (C=O) groups is 1. The number of rotatable bonds is 1. The van der Waals surface area contributed by atoms with Crippen LogP contribution in [0.2, 0.25) is 0 Å². The number of hydrogen-bond donors (Lipinski definition) is 1. The Morgan fingerprint density at radius 3 is 2.29 bits per heavy atom. The molecule has 154 valence electrons. The van der Waals surface area contributed by atoms with E-state index in [9.17, 15) is 9.90 Å². The lowest BCUT2D eigenvalue weighted by atomic mass is 9.89. The van der Waals surface area contributed by atoms with Gasteiger partial charge in [-0.3, -0.25) is 0 Å². The molecule has 1 N–H and O–H groups in total. The Hall–Kier alpha value is -3.35. The first-order valence-corrected chi connectivity index (χ1v) is 10.4. The number of carbonyl (C=O) groups excluding carboxylic acids is 1. The number of fused-ring (bicyclic) bond motifs is 10. The number of ether oxygens (including phenoxy) is 2. The highest BCUT2D eigenvalue weighted by molar-refractivity contribution is 6.23. The van der Waals surface area contributed by atoms with Crippen LogP contribution in [0.4, 0.5) is 0 Å². The Balaban J connectivity index is 1.80. The summed E-state index contributed by atoms with van der Waals surface area (Å²) in [5, 5.41) is 16.2.